The Bertz CT molecular complexity index is 761. The van der Waals surface area contributed by atoms with E-state index in [4.69, 9.17) is 10.5 Å². The first kappa shape index (κ1) is 21.3. The maximum Gasteiger partial charge on any atom is 0.673 e. The highest BCUT2D eigenvalue weighted by atomic mass is 32.2. The highest BCUT2D eigenvalue weighted by Crippen LogP contribution is 2.18. The van der Waals surface area contributed by atoms with Crippen LogP contribution < -0.4 is 0 Å². The minimum absolute atomic E-state index is 0.699. The Morgan fingerprint density at radius 3 is 1.85 bits per heavy atom. The van der Waals surface area contributed by atoms with Gasteiger partial charge < -0.3 is 17.3 Å². The van der Waals surface area contributed by atoms with Crippen molar-refractivity contribution in [3.8, 4) is 12.1 Å². The van der Waals surface area contributed by atoms with Crippen LogP contribution in [-0.2, 0) is 17.5 Å². The standard InChI is InChI=1S/C18H14N2S.BF4/c19-12-17(13-20)18(11-15-7-3-1-4-8-15)21-14-16-9-5-2-6-10-16;2-1(3,4)5/h1-11,17H,14H2;/q;-1/p+1/b18-11-;. The van der Waals surface area contributed by atoms with Gasteiger partial charge in [0.2, 0.25) is 5.92 Å². The van der Waals surface area contributed by atoms with Crippen molar-refractivity contribution in [2.45, 2.75) is 5.75 Å². The predicted molar refractivity (Wildman–Crippen MR) is 98.2 cm³/mol. The number of rotatable bonds is 5. The Labute approximate surface area is 153 Å². The third-order valence-electron chi connectivity index (χ3n) is 2.96. The van der Waals surface area contributed by atoms with Crippen molar-refractivity contribution < 1.29 is 17.3 Å². The summed E-state index contributed by atoms with van der Waals surface area (Å²) in [6.07, 6.45) is 1.95. The molecule has 0 heterocycles. The van der Waals surface area contributed by atoms with Gasteiger partial charge in [-0.25, -0.2) is 0 Å². The molecule has 0 amide bonds. The van der Waals surface area contributed by atoms with E-state index in [-0.39, 0.29) is 0 Å². The van der Waals surface area contributed by atoms with Crippen LogP contribution in [0.2, 0.25) is 0 Å². The van der Waals surface area contributed by atoms with Crippen LogP contribution in [0.4, 0.5) is 17.3 Å². The Hall–Kier alpha value is -2.71. The van der Waals surface area contributed by atoms with E-state index in [1.54, 1.807) is 0 Å². The molecule has 0 aromatic heterocycles. The SMILES string of the molecule is F[B-](F)(F)F.N#CC(C#N)/C(=C/c1ccccc1)[SH+]Cc1ccccc1. The minimum Gasteiger partial charge on any atom is -0.418 e. The van der Waals surface area contributed by atoms with Crippen molar-refractivity contribution in [2.24, 2.45) is 5.92 Å². The Balaban J connectivity index is 0.000000597. The summed E-state index contributed by atoms with van der Waals surface area (Å²) >= 11 is 0.990. The smallest absolute Gasteiger partial charge is 0.418 e. The van der Waals surface area contributed by atoms with Gasteiger partial charge >= 0.3 is 7.25 Å². The maximum absolute atomic E-state index is 9.75. The molecule has 2 nitrogen and oxygen atoms in total. The summed E-state index contributed by atoms with van der Waals surface area (Å²) in [4.78, 5) is 0.843. The number of allylic oxidation sites excluding steroid dienone is 1. The van der Waals surface area contributed by atoms with E-state index in [0.29, 0.717) is 0 Å². The van der Waals surface area contributed by atoms with Gasteiger partial charge in [0.25, 0.3) is 0 Å². The normalized spacial score (nSPS) is 11.1. The second kappa shape index (κ2) is 11.0. The molecule has 0 aliphatic carbocycles. The summed E-state index contributed by atoms with van der Waals surface area (Å²) in [7, 11) is -6.00. The quantitative estimate of drug-likeness (QED) is 0.318. The van der Waals surface area contributed by atoms with Gasteiger partial charge in [0.15, 0.2) is 4.91 Å². The molecule has 0 N–H and O–H groups in total. The lowest BCUT2D eigenvalue weighted by atomic mass is 10.1. The van der Waals surface area contributed by atoms with E-state index in [1.807, 2.05) is 54.6 Å². The molecule has 0 saturated heterocycles. The maximum atomic E-state index is 9.75. The zero-order valence-electron chi connectivity index (χ0n) is 13.6. The largest absolute Gasteiger partial charge is 0.673 e. The molecule has 0 aliphatic heterocycles. The summed E-state index contributed by atoms with van der Waals surface area (Å²) in [5, 5.41) is 18.3. The van der Waals surface area contributed by atoms with E-state index >= 15 is 0 Å². The van der Waals surface area contributed by atoms with Gasteiger partial charge in [-0.1, -0.05) is 60.7 Å². The molecule has 0 saturated carbocycles. The molecule has 2 aromatic rings. The molecular weight excluding hydrogens is 363 g/mol. The topological polar surface area (TPSA) is 47.6 Å². The second-order valence-electron chi connectivity index (χ2n) is 4.97. The lowest BCUT2D eigenvalue weighted by Gasteiger charge is -2.01. The number of thiol groups is 1. The van der Waals surface area contributed by atoms with Gasteiger partial charge in [0, 0.05) is 17.3 Å². The Kier molecular flexibility index (Phi) is 9.04. The van der Waals surface area contributed by atoms with Gasteiger partial charge in [-0.2, -0.15) is 10.5 Å². The number of nitrogens with zero attached hydrogens (tertiary/aromatic N) is 2. The zero-order valence-corrected chi connectivity index (χ0v) is 14.5. The number of benzene rings is 2. The molecule has 2 rings (SSSR count). The van der Waals surface area contributed by atoms with Gasteiger partial charge in [0.05, 0.1) is 12.1 Å². The number of halogens is 4. The Morgan fingerprint density at radius 2 is 1.38 bits per heavy atom. The van der Waals surface area contributed by atoms with Crippen LogP contribution in [0.5, 0.6) is 0 Å². The van der Waals surface area contributed by atoms with E-state index in [1.165, 1.54) is 5.56 Å². The van der Waals surface area contributed by atoms with Crippen molar-refractivity contribution in [2.75, 3.05) is 0 Å². The summed E-state index contributed by atoms with van der Waals surface area (Å²) in [6, 6.07) is 24.0. The lowest BCUT2D eigenvalue weighted by Crippen LogP contribution is -2.02. The van der Waals surface area contributed by atoms with E-state index < -0.39 is 13.2 Å². The van der Waals surface area contributed by atoms with Crippen LogP contribution in [0.3, 0.4) is 0 Å². The molecule has 0 aliphatic rings. The number of hydrogen-bond donors (Lipinski definition) is 0. The summed E-state index contributed by atoms with van der Waals surface area (Å²) in [5.74, 6) is 0.106. The molecule has 8 heteroatoms. The van der Waals surface area contributed by atoms with Crippen LogP contribution in [-0.4, -0.2) is 7.25 Å². The molecule has 0 fully saturated rings. The highest BCUT2D eigenvalue weighted by molar-refractivity contribution is 7.82. The molecule has 0 radical (unpaired) electrons. The van der Waals surface area contributed by atoms with Gasteiger partial charge in [0.1, 0.15) is 5.75 Å². The van der Waals surface area contributed by atoms with Crippen LogP contribution in [0.25, 0.3) is 6.08 Å². The van der Waals surface area contributed by atoms with E-state index in [9.17, 15) is 17.3 Å². The molecule has 2 aromatic carbocycles. The van der Waals surface area contributed by atoms with Crippen molar-refractivity contribution in [1.29, 1.82) is 10.5 Å². The molecule has 0 bridgehead atoms. The fraction of sp³-hybridized carbons (Fsp3) is 0.111. The molecule has 0 unspecified atom stereocenters. The average Bonchev–Trinajstić information content (AvgIpc) is 2.61. The number of nitriles is 2. The van der Waals surface area contributed by atoms with Crippen LogP contribution in [0.15, 0.2) is 65.6 Å². The Morgan fingerprint density at radius 1 is 0.923 bits per heavy atom. The van der Waals surface area contributed by atoms with Gasteiger partial charge in [-0.15, -0.1) is 0 Å². The molecule has 0 spiro atoms. The minimum atomic E-state index is -6.00. The number of hydrogen-bond acceptors (Lipinski definition) is 2. The van der Waals surface area contributed by atoms with Crippen LogP contribution in [0, 0.1) is 28.6 Å². The van der Waals surface area contributed by atoms with Crippen molar-refractivity contribution >= 4 is 25.1 Å². The molecule has 134 valence electrons. The fourth-order valence-corrected chi connectivity index (χ4v) is 2.98. The third-order valence-corrected chi connectivity index (χ3v) is 4.23. The van der Waals surface area contributed by atoms with Crippen LogP contribution in [0.1, 0.15) is 11.1 Å². The fourth-order valence-electron chi connectivity index (χ4n) is 1.87. The highest BCUT2D eigenvalue weighted by Gasteiger charge is 2.21. The van der Waals surface area contributed by atoms with E-state index in [0.717, 1.165) is 28.0 Å². The summed E-state index contributed by atoms with van der Waals surface area (Å²) in [5.41, 5.74) is 2.22. The van der Waals surface area contributed by atoms with Gasteiger partial charge in [-0.3, -0.25) is 0 Å². The zero-order chi connectivity index (χ0) is 19.4. The second-order valence-corrected chi connectivity index (χ2v) is 6.12. The molecule has 26 heavy (non-hydrogen) atoms. The third kappa shape index (κ3) is 9.56. The average molecular weight is 378 g/mol. The predicted octanol–water partition coefficient (Wildman–Crippen LogP) is 5.01. The van der Waals surface area contributed by atoms with Crippen molar-refractivity contribution in [3.63, 3.8) is 0 Å². The first-order valence-electron chi connectivity index (χ1n) is 7.48. The van der Waals surface area contributed by atoms with Crippen LogP contribution >= 0.6 is 0 Å². The van der Waals surface area contributed by atoms with Crippen molar-refractivity contribution in [1.82, 2.24) is 0 Å². The summed E-state index contributed by atoms with van der Waals surface area (Å²) in [6.45, 7) is 0. The first-order valence-corrected chi connectivity index (χ1v) is 8.56. The van der Waals surface area contributed by atoms with Gasteiger partial charge in [-0.05, 0) is 11.6 Å². The van der Waals surface area contributed by atoms with Crippen molar-refractivity contribution in [3.05, 3.63) is 76.7 Å². The monoisotopic (exact) mass is 378 g/mol. The van der Waals surface area contributed by atoms with E-state index in [2.05, 4.69) is 24.3 Å². The summed E-state index contributed by atoms with van der Waals surface area (Å²) < 4.78 is 39.0. The lowest BCUT2D eigenvalue weighted by molar-refractivity contribution is 0.368. The first-order chi connectivity index (χ1) is 12.3. The molecular formula is C18H15BF4N2S. The molecule has 0 atom stereocenters.